The lowest BCUT2D eigenvalue weighted by Gasteiger charge is -2.33. The molecule has 0 bridgehead atoms. The van der Waals surface area contributed by atoms with Gasteiger partial charge in [0, 0.05) is 12.1 Å². The van der Waals surface area contributed by atoms with Crippen LogP contribution in [0.3, 0.4) is 0 Å². The number of para-hydroxylation sites is 1. The monoisotopic (exact) mass is 274 g/mol. The molecule has 0 radical (unpaired) electrons. The van der Waals surface area contributed by atoms with Crippen LogP contribution in [0.15, 0.2) is 24.3 Å². The molecule has 20 heavy (non-hydrogen) atoms. The maximum absolute atomic E-state index is 12.4. The van der Waals surface area contributed by atoms with Crippen molar-refractivity contribution in [3.63, 3.8) is 0 Å². The van der Waals surface area contributed by atoms with E-state index in [9.17, 15) is 4.79 Å². The Hall–Kier alpha value is -2.02. The maximum Gasteiger partial charge on any atom is 0.263 e. The average Bonchev–Trinajstić information content (AvgIpc) is 2.38. The smallest absolute Gasteiger partial charge is 0.263 e. The molecule has 4 nitrogen and oxygen atoms in total. The van der Waals surface area contributed by atoms with Crippen molar-refractivity contribution in [2.45, 2.75) is 52.8 Å². The molecule has 0 aromatic heterocycles. The van der Waals surface area contributed by atoms with Crippen LogP contribution in [0.2, 0.25) is 0 Å². The molecule has 1 unspecified atom stereocenters. The first-order valence-corrected chi connectivity index (χ1v) is 6.86. The third-order valence-electron chi connectivity index (χ3n) is 3.03. The number of nitriles is 1. The van der Waals surface area contributed by atoms with Gasteiger partial charge in [0.1, 0.15) is 11.8 Å². The van der Waals surface area contributed by atoms with E-state index < -0.39 is 6.10 Å². The van der Waals surface area contributed by atoms with Gasteiger partial charge < -0.3 is 9.64 Å². The zero-order chi connectivity index (χ0) is 15.3. The number of amides is 1. The van der Waals surface area contributed by atoms with Crippen molar-refractivity contribution >= 4 is 5.91 Å². The van der Waals surface area contributed by atoms with Crippen molar-refractivity contribution in [2.75, 3.05) is 0 Å². The minimum atomic E-state index is -0.616. The molecule has 1 rings (SSSR count). The van der Waals surface area contributed by atoms with E-state index in [-0.39, 0.29) is 18.0 Å². The summed E-state index contributed by atoms with van der Waals surface area (Å²) in [6, 6.07) is 9.23. The maximum atomic E-state index is 12.4. The zero-order valence-electron chi connectivity index (χ0n) is 12.8. The van der Waals surface area contributed by atoms with E-state index in [2.05, 4.69) is 6.07 Å². The second-order valence-corrected chi connectivity index (χ2v) is 5.30. The number of ether oxygens (including phenoxy) is 1. The summed E-state index contributed by atoms with van der Waals surface area (Å²) in [7, 11) is 0. The molecule has 0 aliphatic rings. The number of nitrogens with zero attached hydrogens (tertiary/aromatic N) is 2. The molecule has 0 spiro atoms. The van der Waals surface area contributed by atoms with Crippen molar-refractivity contribution in [3.8, 4) is 11.8 Å². The molecule has 0 saturated carbocycles. The highest BCUT2D eigenvalue weighted by Crippen LogP contribution is 2.19. The molecule has 0 N–H and O–H groups in total. The molecule has 0 aliphatic carbocycles. The SMILES string of the molecule is CC(Oc1ccccc1C#N)C(=O)N(C(C)C)C(C)C. The molecule has 1 amide bonds. The number of rotatable bonds is 5. The Kier molecular flexibility index (Phi) is 5.57. The Morgan fingerprint density at radius 3 is 2.20 bits per heavy atom. The first kappa shape index (κ1) is 16.0. The molecule has 0 fully saturated rings. The summed E-state index contributed by atoms with van der Waals surface area (Å²) in [5.74, 6) is 0.381. The van der Waals surface area contributed by atoms with Crippen molar-refractivity contribution in [1.29, 1.82) is 5.26 Å². The van der Waals surface area contributed by atoms with Gasteiger partial charge in [0.2, 0.25) is 0 Å². The highest BCUT2D eigenvalue weighted by molar-refractivity contribution is 5.81. The van der Waals surface area contributed by atoms with Crippen LogP contribution in [-0.4, -0.2) is 29.0 Å². The van der Waals surface area contributed by atoms with Crippen LogP contribution in [0.4, 0.5) is 0 Å². The minimum absolute atomic E-state index is 0.0669. The lowest BCUT2D eigenvalue weighted by Crippen LogP contribution is -2.48. The molecule has 1 aromatic carbocycles. The Morgan fingerprint density at radius 2 is 1.70 bits per heavy atom. The molecule has 1 aromatic rings. The minimum Gasteiger partial charge on any atom is -0.480 e. The van der Waals surface area contributed by atoms with E-state index in [1.165, 1.54) is 0 Å². The molecule has 1 atom stereocenters. The third-order valence-corrected chi connectivity index (χ3v) is 3.03. The number of hydrogen-bond acceptors (Lipinski definition) is 3. The molecular weight excluding hydrogens is 252 g/mol. The largest absolute Gasteiger partial charge is 0.480 e. The predicted octanol–water partition coefficient (Wildman–Crippen LogP) is 2.97. The highest BCUT2D eigenvalue weighted by atomic mass is 16.5. The van der Waals surface area contributed by atoms with Crippen LogP contribution in [0.1, 0.15) is 40.2 Å². The third kappa shape index (κ3) is 3.74. The fraction of sp³-hybridized carbons (Fsp3) is 0.500. The van der Waals surface area contributed by atoms with Crippen molar-refractivity contribution in [3.05, 3.63) is 29.8 Å². The number of carbonyl (C=O) groups is 1. The van der Waals surface area contributed by atoms with Gasteiger partial charge in [-0.1, -0.05) is 12.1 Å². The van der Waals surface area contributed by atoms with Gasteiger partial charge in [-0.2, -0.15) is 5.26 Å². The molecule has 0 aliphatic heterocycles. The van der Waals surface area contributed by atoms with Crippen molar-refractivity contribution in [2.24, 2.45) is 0 Å². The molecule has 0 saturated heterocycles. The lowest BCUT2D eigenvalue weighted by molar-refractivity contribution is -0.141. The van der Waals surface area contributed by atoms with Gasteiger partial charge in [0.05, 0.1) is 5.56 Å². The fourth-order valence-corrected chi connectivity index (χ4v) is 2.22. The van der Waals surface area contributed by atoms with Gasteiger partial charge in [-0.05, 0) is 46.8 Å². The van der Waals surface area contributed by atoms with Crippen LogP contribution >= 0.6 is 0 Å². The standard InChI is InChI=1S/C16H22N2O2/c1-11(2)18(12(3)4)16(19)13(5)20-15-9-7-6-8-14(15)10-17/h6-9,11-13H,1-5H3. The first-order chi connectivity index (χ1) is 9.38. The van der Waals surface area contributed by atoms with Crippen LogP contribution < -0.4 is 4.74 Å². The van der Waals surface area contributed by atoms with E-state index in [0.29, 0.717) is 11.3 Å². The van der Waals surface area contributed by atoms with Gasteiger partial charge >= 0.3 is 0 Å². The normalized spacial score (nSPS) is 12.1. The van der Waals surface area contributed by atoms with Gasteiger partial charge in [-0.15, -0.1) is 0 Å². The van der Waals surface area contributed by atoms with Crippen LogP contribution in [0.25, 0.3) is 0 Å². The van der Waals surface area contributed by atoms with E-state index in [4.69, 9.17) is 10.00 Å². The lowest BCUT2D eigenvalue weighted by atomic mass is 10.2. The summed E-state index contributed by atoms with van der Waals surface area (Å²) in [4.78, 5) is 14.2. The average molecular weight is 274 g/mol. The van der Waals surface area contributed by atoms with E-state index in [1.54, 1.807) is 36.1 Å². The van der Waals surface area contributed by atoms with E-state index >= 15 is 0 Å². The number of hydrogen-bond donors (Lipinski definition) is 0. The summed E-state index contributed by atoms with van der Waals surface area (Å²) in [6.07, 6.45) is -0.616. The second kappa shape index (κ2) is 6.95. The first-order valence-electron chi connectivity index (χ1n) is 6.86. The van der Waals surface area contributed by atoms with Gasteiger partial charge in [-0.25, -0.2) is 0 Å². The Bertz CT molecular complexity index is 495. The predicted molar refractivity (Wildman–Crippen MR) is 78.4 cm³/mol. The van der Waals surface area contributed by atoms with Gasteiger partial charge in [0.25, 0.3) is 5.91 Å². The highest BCUT2D eigenvalue weighted by Gasteiger charge is 2.26. The van der Waals surface area contributed by atoms with Gasteiger partial charge in [0.15, 0.2) is 6.10 Å². The summed E-state index contributed by atoms with van der Waals surface area (Å²) in [5.41, 5.74) is 0.438. The Balaban J connectivity index is 2.88. The summed E-state index contributed by atoms with van der Waals surface area (Å²) in [5, 5.41) is 9.03. The molecule has 0 heterocycles. The van der Waals surface area contributed by atoms with E-state index in [1.807, 2.05) is 27.7 Å². The van der Waals surface area contributed by atoms with Crippen molar-refractivity contribution in [1.82, 2.24) is 4.90 Å². The Labute approximate surface area is 121 Å². The topological polar surface area (TPSA) is 53.3 Å². The molecular formula is C16H22N2O2. The second-order valence-electron chi connectivity index (χ2n) is 5.30. The number of carbonyl (C=O) groups excluding carboxylic acids is 1. The molecule has 4 heteroatoms. The van der Waals surface area contributed by atoms with E-state index in [0.717, 1.165) is 0 Å². The quantitative estimate of drug-likeness (QED) is 0.829. The zero-order valence-corrected chi connectivity index (χ0v) is 12.8. The van der Waals surface area contributed by atoms with Crippen molar-refractivity contribution < 1.29 is 9.53 Å². The number of benzene rings is 1. The van der Waals surface area contributed by atoms with Crippen LogP contribution in [0, 0.1) is 11.3 Å². The Morgan fingerprint density at radius 1 is 1.15 bits per heavy atom. The molecule has 108 valence electrons. The van der Waals surface area contributed by atoms with Crippen LogP contribution in [0.5, 0.6) is 5.75 Å². The fourth-order valence-electron chi connectivity index (χ4n) is 2.22. The summed E-state index contributed by atoms with van der Waals surface area (Å²) in [6.45, 7) is 9.64. The van der Waals surface area contributed by atoms with Crippen LogP contribution in [-0.2, 0) is 4.79 Å². The van der Waals surface area contributed by atoms with Gasteiger partial charge in [-0.3, -0.25) is 4.79 Å². The summed E-state index contributed by atoms with van der Waals surface area (Å²) >= 11 is 0. The summed E-state index contributed by atoms with van der Waals surface area (Å²) < 4.78 is 5.67.